The Morgan fingerprint density at radius 1 is 0.955 bits per heavy atom. The summed E-state index contributed by atoms with van der Waals surface area (Å²) in [7, 11) is 0.146. The fraction of sp³-hybridized carbons (Fsp3) is 0.368. The monoisotopic (exact) mass is 291 g/mol. The molecule has 0 aromatic heterocycles. The van der Waals surface area contributed by atoms with Gasteiger partial charge in [0.05, 0.1) is 0 Å². The molecule has 0 amide bonds. The van der Waals surface area contributed by atoms with Crippen molar-refractivity contribution >= 4 is 7.05 Å². The number of benzene rings is 2. The molecule has 112 valence electrons. The van der Waals surface area contributed by atoms with Gasteiger partial charge in [0.2, 0.25) is 0 Å². The summed E-state index contributed by atoms with van der Waals surface area (Å²) in [6, 6.07) is 21.5. The first kappa shape index (κ1) is 14.0. The Labute approximate surface area is 133 Å². The molecule has 2 saturated heterocycles. The van der Waals surface area contributed by atoms with Gasteiger partial charge in [0.25, 0.3) is 0 Å². The second-order valence-electron chi connectivity index (χ2n) is 6.70. The zero-order valence-electron chi connectivity index (χ0n) is 13.3. The third kappa shape index (κ3) is 1.70. The van der Waals surface area contributed by atoms with Gasteiger partial charge in [-0.1, -0.05) is 60.7 Å². The summed E-state index contributed by atoms with van der Waals surface area (Å²) in [5.41, 5.74) is 2.15. The zero-order chi connectivity index (χ0) is 15.2. The Bertz CT molecular complexity index is 620. The van der Waals surface area contributed by atoms with Gasteiger partial charge < -0.3 is 9.47 Å². The highest BCUT2D eigenvalue weighted by Crippen LogP contribution is 2.55. The van der Waals surface area contributed by atoms with Crippen molar-refractivity contribution in [3.05, 3.63) is 71.8 Å². The molecule has 3 heteroatoms. The van der Waals surface area contributed by atoms with Crippen molar-refractivity contribution < 1.29 is 4.65 Å². The number of rotatable bonds is 2. The van der Waals surface area contributed by atoms with Crippen LogP contribution >= 0.6 is 0 Å². The van der Waals surface area contributed by atoms with Gasteiger partial charge in [-0.05, 0) is 44.3 Å². The Balaban J connectivity index is 1.98. The van der Waals surface area contributed by atoms with E-state index in [1.807, 2.05) is 0 Å². The molecule has 1 atom stereocenters. The van der Waals surface area contributed by atoms with E-state index >= 15 is 0 Å². The number of fused-ring (bicyclic) bond motifs is 1. The maximum Gasteiger partial charge on any atom is 0.380 e. The molecule has 2 nitrogen and oxygen atoms in total. The van der Waals surface area contributed by atoms with Gasteiger partial charge in [-0.15, -0.1) is 0 Å². The van der Waals surface area contributed by atoms with Gasteiger partial charge >= 0.3 is 7.05 Å². The predicted molar refractivity (Wildman–Crippen MR) is 90.7 cm³/mol. The van der Waals surface area contributed by atoms with Crippen LogP contribution in [0.2, 0.25) is 6.82 Å². The van der Waals surface area contributed by atoms with E-state index in [4.69, 9.17) is 4.65 Å². The van der Waals surface area contributed by atoms with E-state index in [1.54, 1.807) is 0 Å². The standard InChI is InChI=1S/C19H22BNO/c1-18-14-9-15-21(18)20(2)22-19(18,16-10-5-3-6-11-16)17-12-7-4-8-13-17/h3-8,10-13H,9,14-15H2,1-2H3/t18-/m1/s1. The average molecular weight is 291 g/mol. The second kappa shape index (κ2) is 4.97. The van der Waals surface area contributed by atoms with E-state index in [0.717, 1.165) is 6.54 Å². The quantitative estimate of drug-likeness (QED) is 0.777. The number of hydrogen-bond acceptors (Lipinski definition) is 2. The van der Waals surface area contributed by atoms with E-state index in [2.05, 4.69) is 79.2 Å². The highest BCUT2D eigenvalue weighted by molar-refractivity contribution is 6.48. The first-order chi connectivity index (χ1) is 10.7. The molecule has 0 unspecified atom stereocenters. The second-order valence-corrected chi connectivity index (χ2v) is 6.70. The Morgan fingerprint density at radius 3 is 2.05 bits per heavy atom. The van der Waals surface area contributed by atoms with Gasteiger partial charge in [-0.25, -0.2) is 0 Å². The van der Waals surface area contributed by atoms with Crippen molar-refractivity contribution in [2.75, 3.05) is 6.54 Å². The molecular formula is C19H22BNO. The van der Waals surface area contributed by atoms with Gasteiger partial charge in [0.1, 0.15) is 5.60 Å². The highest BCUT2D eigenvalue weighted by Gasteiger charge is 2.64. The van der Waals surface area contributed by atoms with Crippen LogP contribution in [0.4, 0.5) is 0 Å². The molecule has 0 saturated carbocycles. The fourth-order valence-electron chi connectivity index (χ4n) is 4.66. The molecule has 22 heavy (non-hydrogen) atoms. The largest absolute Gasteiger partial charge is 0.406 e. The lowest BCUT2D eigenvalue weighted by atomic mass is 9.70. The van der Waals surface area contributed by atoms with Crippen LogP contribution in [0.3, 0.4) is 0 Å². The molecule has 2 heterocycles. The minimum absolute atomic E-state index is 0.00905. The van der Waals surface area contributed by atoms with Crippen molar-refractivity contribution in [2.45, 2.75) is 37.7 Å². The highest BCUT2D eigenvalue weighted by atomic mass is 16.5. The lowest BCUT2D eigenvalue weighted by Crippen LogP contribution is -2.52. The SMILES string of the molecule is CB1OC(c2ccccc2)(c2ccccc2)[C@@]2(C)CCCN12. The van der Waals surface area contributed by atoms with Gasteiger partial charge in [0.15, 0.2) is 0 Å². The molecule has 2 fully saturated rings. The van der Waals surface area contributed by atoms with Crippen LogP contribution in [-0.2, 0) is 10.3 Å². The van der Waals surface area contributed by atoms with Crippen molar-refractivity contribution in [2.24, 2.45) is 0 Å². The van der Waals surface area contributed by atoms with Crippen molar-refractivity contribution in [1.29, 1.82) is 0 Å². The summed E-state index contributed by atoms with van der Waals surface area (Å²) in [5.74, 6) is 0. The molecular weight excluding hydrogens is 269 g/mol. The third-order valence-corrected chi connectivity index (χ3v) is 5.60. The first-order valence-electron chi connectivity index (χ1n) is 8.24. The van der Waals surface area contributed by atoms with E-state index < -0.39 is 0 Å². The lowest BCUT2D eigenvalue weighted by molar-refractivity contribution is 0.0465. The molecule has 0 bridgehead atoms. The van der Waals surface area contributed by atoms with Crippen molar-refractivity contribution in [1.82, 2.24) is 4.81 Å². The molecule has 0 aliphatic carbocycles. The van der Waals surface area contributed by atoms with E-state index in [0.29, 0.717) is 0 Å². The van der Waals surface area contributed by atoms with Gasteiger partial charge in [-0.2, -0.15) is 0 Å². The van der Waals surface area contributed by atoms with Crippen molar-refractivity contribution in [3.63, 3.8) is 0 Å². The maximum absolute atomic E-state index is 6.72. The van der Waals surface area contributed by atoms with Gasteiger partial charge in [0, 0.05) is 5.54 Å². The first-order valence-corrected chi connectivity index (χ1v) is 8.24. The Kier molecular flexibility index (Phi) is 3.17. The summed E-state index contributed by atoms with van der Waals surface area (Å²) in [5, 5.41) is 0. The minimum atomic E-state index is -0.383. The smallest absolute Gasteiger partial charge is 0.380 e. The number of nitrogens with zero attached hydrogens (tertiary/aromatic N) is 1. The summed E-state index contributed by atoms with van der Waals surface area (Å²) in [6.45, 7) is 5.69. The van der Waals surface area contributed by atoms with Crippen LogP contribution in [-0.4, -0.2) is 23.9 Å². The van der Waals surface area contributed by atoms with Crippen molar-refractivity contribution in [3.8, 4) is 0 Å². The van der Waals surface area contributed by atoms with Crippen LogP contribution < -0.4 is 0 Å². The van der Waals surface area contributed by atoms with Crippen LogP contribution in [0.15, 0.2) is 60.7 Å². The van der Waals surface area contributed by atoms with Crippen LogP contribution in [0.1, 0.15) is 30.9 Å². The topological polar surface area (TPSA) is 12.5 Å². The van der Waals surface area contributed by atoms with E-state index in [1.165, 1.54) is 24.0 Å². The normalized spacial score (nSPS) is 27.1. The van der Waals surface area contributed by atoms with E-state index in [9.17, 15) is 0 Å². The molecule has 4 rings (SSSR count). The van der Waals surface area contributed by atoms with Crippen LogP contribution in [0, 0.1) is 0 Å². The number of hydrogen-bond donors (Lipinski definition) is 0. The van der Waals surface area contributed by atoms with Crippen LogP contribution in [0.25, 0.3) is 0 Å². The van der Waals surface area contributed by atoms with E-state index in [-0.39, 0.29) is 18.2 Å². The molecule has 0 N–H and O–H groups in total. The Hall–Kier alpha value is -1.58. The molecule has 2 aliphatic rings. The summed E-state index contributed by atoms with van der Waals surface area (Å²) < 4.78 is 6.72. The lowest BCUT2D eigenvalue weighted by Gasteiger charge is -2.44. The van der Waals surface area contributed by atoms with Crippen LogP contribution in [0.5, 0.6) is 0 Å². The minimum Gasteiger partial charge on any atom is -0.406 e. The zero-order valence-corrected chi connectivity index (χ0v) is 13.3. The predicted octanol–water partition coefficient (Wildman–Crippen LogP) is 3.93. The molecule has 2 aromatic carbocycles. The summed E-state index contributed by atoms with van der Waals surface area (Å²) in [4.78, 5) is 2.55. The van der Waals surface area contributed by atoms with Gasteiger partial charge in [-0.3, -0.25) is 0 Å². The third-order valence-electron chi connectivity index (χ3n) is 5.60. The molecule has 0 radical (unpaired) electrons. The average Bonchev–Trinajstić information content (AvgIpc) is 3.05. The fourth-order valence-corrected chi connectivity index (χ4v) is 4.66. The summed E-state index contributed by atoms with van der Waals surface area (Å²) >= 11 is 0. The molecule has 2 aromatic rings. The summed E-state index contributed by atoms with van der Waals surface area (Å²) in [6.07, 6.45) is 2.41. The Morgan fingerprint density at radius 2 is 1.50 bits per heavy atom. The molecule has 2 aliphatic heterocycles. The molecule has 0 spiro atoms. The maximum atomic E-state index is 6.72.